The van der Waals surface area contributed by atoms with E-state index in [1.807, 2.05) is 29.2 Å². The van der Waals surface area contributed by atoms with Gasteiger partial charge in [-0.3, -0.25) is 9.59 Å². The summed E-state index contributed by atoms with van der Waals surface area (Å²) in [6, 6.07) is 7.95. The maximum Gasteiger partial charge on any atom is 0.223 e. The van der Waals surface area contributed by atoms with Crippen molar-refractivity contribution >= 4 is 24.2 Å². The Morgan fingerprint density at radius 2 is 2.00 bits per heavy atom. The van der Waals surface area contributed by atoms with E-state index >= 15 is 0 Å². The van der Waals surface area contributed by atoms with Crippen LogP contribution in [0.15, 0.2) is 24.3 Å². The third-order valence-corrected chi connectivity index (χ3v) is 5.02. The molecule has 2 atom stereocenters. The van der Waals surface area contributed by atoms with Crippen LogP contribution in [0.1, 0.15) is 50.5 Å². The summed E-state index contributed by atoms with van der Waals surface area (Å²) in [5, 5.41) is 2.91. The fraction of sp³-hybridized carbons (Fsp3) is 0.600. The van der Waals surface area contributed by atoms with E-state index in [0.717, 1.165) is 37.1 Å². The lowest BCUT2D eigenvalue weighted by Gasteiger charge is -2.36. The van der Waals surface area contributed by atoms with Crippen molar-refractivity contribution in [3.63, 3.8) is 0 Å². The molecular weight excluding hydrogens is 366 g/mol. The topological polar surface area (TPSA) is 84.7 Å². The highest BCUT2D eigenvalue weighted by Crippen LogP contribution is 2.25. The molecule has 0 aliphatic carbocycles. The van der Waals surface area contributed by atoms with Gasteiger partial charge >= 0.3 is 0 Å². The maximum atomic E-state index is 12.9. The van der Waals surface area contributed by atoms with Crippen LogP contribution >= 0.6 is 12.4 Å². The minimum atomic E-state index is -0.0444. The Bertz CT molecular complexity index is 595. The first-order chi connectivity index (χ1) is 12.5. The summed E-state index contributed by atoms with van der Waals surface area (Å²) in [4.78, 5) is 26.5. The van der Waals surface area contributed by atoms with E-state index in [9.17, 15) is 9.59 Å². The minimum absolute atomic E-state index is 0. The summed E-state index contributed by atoms with van der Waals surface area (Å²) in [5.74, 6) is 1.07. The zero-order chi connectivity index (χ0) is 18.9. The first-order valence-electron chi connectivity index (χ1n) is 9.45. The molecule has 0 aromatic heterocycles. The Balaban J connectivity index is 0.00000364. The third kappa shape index (κ3) is 7.03. The van der Waals surface area contributed by atoms with Gasteiger partial charge in [0.15, 0.2) is 0 Å². The second-order valence-corrected chi connectivity index (χ2v) is 6.96. The molecule has 1 aromatic rings. The first-order valence-corrected chi connectivity index (χ1v) is 9.45. The SMILES string of the molecule is COc1ccc(C(C)CC(=O)N2CCCCC2CNC(=O)CCN)cc1.Cl. The number of nitrogens with zero attached hydrogens (tertiary/aromatic N) is 1. The number of hydrogen-bond acceptors (Lipinski definition) is 4. The highest BCUT2D eigenvalue weighted by Gasteiger charge is 2.27. The molecule has 0 bridgehead atoms. The third-order valence-electron chi connectivity index (χ3n) is 5.02. The van der Waals surface area contributed by atoms with Crippen molar-refractivity contribution in [2.45, 2.75) is 51.0 Å². The van der Waals surface area contributed by atoms with Gasteiger partial charge < -0.3 is 20.7 Å². The minimum Gasteiger partial charge on any atom is -0.497 e. The predicted octanol–water partition coefficient (Wildman–Crippen LogP) is 2.46. The summed E-state index contributed by atoms with van der Waals surface area (Å²) in [7, 11) is 1.64. The molecule has 3 N–H and O–H groups in total. The van der Waals surface area contributed by atoms with Gasteiger partial charge in [0.25, 0.3) is 0 Å². The van der Waals surface area contributed by atoms with Crippen LogP contribution in [0.2, 0.25) is 0 Å². The Kier molecular flexibility index (Phi) is 10.2. The zero-order valence-corrected chi connectivity index (χ0v) is 17.1. The van der Waals surface area contributed by atoms with Crippen molar-refractivity contribution in [1.82, 2.24) is 10.2 Å². The molecule has 1 heterocycles. The fourth-order valence-corrected chi connectivity index (χ4v) is 3.42. The normalized spacial score (nSPS) is 17.6. The van der Waals surface area contributed by atoms with Crippen molar-refractivity contribution in [2.75, 3.05) is 26.7 Å². The van der Waals surface area contributed by atoms with Crippen molar-refractivity contribution in [2.24, 2.45) is 5.73 Å². The number of carbonyl (C=O) groups is 2. The lowest BCUT2D eigenvalue weighted by molar-refractivity contribution is -0.135. The number of piperidine rings is 1. The van der Waals surface area contributed by atoms with Crippen LogP contribution in [-0.2, 0) is 9.59 Å². The molecule has 0 saturated carbocycles. The molecule has 0 spiro atoms. The highest BCUT2D eigenvalue weighted by atomic mass is 35.5. The molecule has 2 unspecified atom stereocenters. The molecule has 152 valence electrons. The number of rotatable bonds is 8. The van der Waals surface area contributed by atoms with E-state index in [4.69, 9.17) is 10.5 Å². The fourth-order valence-electron chi connectivity index (χ4n) is 3.42. The van der Waals surface area contributed by atoms with Gasteiger partial charge in [0.2, 0.25) is 11.8 Å². The van der Waals surface area contributed by atoms with Crippen LogP contribution in [0.4, 0.5) is 0 Å². The number of methoxy groups -OCH3 is 1. The van der Waals surface area contributed by atoms with E-state index in [1.54, 1.807) is 7.11 Å². The lowest BCUT2D eigenvalue weighted by atomic mass is 9.95. The molecule has 1 saturated heterocycles. The van der Waals surface area contributed by atoms with Crippen molar-refractivity contribution in [1.29, 1.82) is 0 Å². The Morgan fingerprint density at radius 3 is 2.63 bits per heavy atom. The Hall–Kier alpha value is -1.79. The monoisotopic (exact) mass is 397 g/mol. The van der Waals surface area contributed by atoms with Gasteiger partial charge in [0, 0.05) is 38.5 Å². The number of hydrogen-bond donors (Lipinski definition) is 2. The van der Waals surface area contributed by atoms with E-state index in [1.165, 1.54) is 0 Å². The van der Waals surface area contributed by atoms with Gasteiger partial charge in [-0.25, -0.2) is 0 Å². The zero-order valence-electron chi connectivity index (χ0n) is 16.3. The van der Waals surface area contributed by atoms with Gasteiger partial charge in [0.1, 0.15) is 5.75 Å². The molecule has 0 radical (unpaired) electrons. The van der Waals surface area contributed by atoms with Crippen molar-refractivity contribution in [3.8, 4) is 5.75 Å². The highest BCUT2D eigenvalue weighted by molar-refractivity contribution is 5.85. The number of carbonyl (C=O) groups excluding carboxylic acids is 2. The molecule has 27 heavy (non-hydrogen) atoms. The first kappa shape index (κ1) is 23.2. The number of amides is 2. The average Bonchev–Trinajstić information content (AvgIpc) is 2.66. The standard InChI is InChI=1S/C20H31N3O3.ClH/c1-15(16-6-8-18(26-2)9-7-16)13-20(25)23-12-4-3-5-17(23)14-22-19(24)10-11-21;/h6-9,15,17H,3-5,10-14,21H2,1-2H3,(H,22,24);1H. The number of nitrogens with one attached hydrogen (secondary N) is 1. The van der Waals surface area contributed by atoms with Gasteiger partial charge in [0.05, 0.1) is 7.11 Å². The molecule has 1 aliphatic heterocycles. The lowest BCUT2D eigenvalue weighted by Crippen LogP contribution is -2.49. The van der Waals surface area contributed by atoms with Crippen molar-refractivity contribution < 1.29 is 14.3 Å². The van der Waals surface area contributed by atoms with Gasteiger partial charge in [-0.2, -0.15) is 0 Å². The molecule has 1 fully saturated rings. The predicted molar refractivity (Wildman–Crippen MR) is 109 cm³/mol. The Morgan fingerprint density at radius 1 is 1.30 bits per heavy atom. The number of likely N-dealkylation sites (tertiary alicyclic amines) is 1. The van der Waals surface area contributed by atoms with Gasteiger partial charge in [-0.1, -0.05) is 19.1 Å². The van der Waals surface area contributed by atoms with E-state index in [-0.39, 0.29) is 36.2 Å². The van der Waals surface area contributed by atoms with Crippen LogP contribution in [0, 0.1) is 0 Å². The summed E-state index contributed by atoms with van der Waals surface area (Å²) >= 11 is 0. The molecule has 1 aromatic carbocycles. The van der Waals surface area contributed by atoms with Crippen LogP contribution < -0.4 is 15.8 Å². The summed E-state index contributed by atoms with van der Waals surface area (Å²) < 4.78 is 5.19. The van der Waals surface area contributed by atoms with Gasteiger partial charge in [-0.05, 0) is 42.9 Å². The molecule has 6 nitrogen and oxygen atoms in total. The molecule has 7 heteroatoms. The molecule has 2 amide bonds. The number of nitrogens with two attached hydrogens (primary N) is 1. The summed E-state index contributed by atoms with van der Waals surface area (Å²) in [6.45, 7) is 3.70. The van der Waals surface area contributed by atoms with Crippen LogP contribution in [0.25, 0.3) is 0 Å². The number of halogens is 1. The number of benzene rings is 1. The second kappa shape index (κ2) is 11.8. The van der Waals surface area contributed by atoms with Crippen LogP contribution in [0.3, 0.4) is 0 Å². The summed E-state index contributed by atoms with van der Waals surface area (Å²) in [5.41, 5.74) is 6.54. The number of ether oxygens (including phenoxy) is 1. The second-order valence-electron chi connectivity index (χ2n) is 6.96. The van der Waals surface area contributed by atoms with Crippen molar-refractivity contribution in [3.05, 3.63) is 29.8 Å². The van der Waals surface area contributed by atoms with Gasteiger partial charge in [-0.15, -0.1) is 12.4 Å². The summed E-state index contributed by atoms with van der Waals surface area (Å²) in [6.07, 6.45) is 3.85. The van der Waals surface area contributed by atoms with Crippen LogP contribution in [-0.4, -0.2) is 49.5 Å². The van der Waals surface area contributed by atoms with E-state index in [0.29, 0.717) is 25.9 Å². The largest absolute Gasteiger partial charge is 0.497 e. The Labute approximate surface area is 168 Å². The average molecular weight is 398 g/mol. The van der Waals surface area contributed by atoms with Crippen LogP contribution in [0.5, 0.6) is 5.75 Å². The maximum absolute atomic E-state index is 12.9. The quantitative estimate of drug-likeness (QED) is 0.705. The molecular formula is C20H32ClN3O3. The van der Waals surface area contributed by atoms with E-state index in [2.05, 4.69) is 12.2 Å². The van der Waals surface area contributed by atoms with E-state index < -0.39 is 0 Å². The molecule has 2 rings (SSSR count). The smallest absolute Gasteiger partial charge is 0.223 e. The molecule has 1 aliphatic rings.